The summed E-state index contributed by atoms with van der Waals surface area (Å²) >= 11 is 6.83. The first-order valence-electron chi connectivity index (χ1n) is 4.52. The topological polar surface area (TPSA) is 55.1 Å². The van der Waals surface area contributed by atoms with Gasteiger partial charge in [-0.25, -0.2) is 0 Å². The van der Waals surface area contributed by atoms with Crippen LogP contribution in [0.3, 0.4) is 0 Å². The molecule has 0 saturated carbocycles. The predicted molar refractivity (Wildman–Crippen MR) is 67.4 cm³/mol. The Kier molecular flexibility index (Phi) is 5.28. The second-order valence-corrected chi connectivity index (χ2v) is 4.85. The third kappa shape index (κ3) is 4.77. The average molecular weight is 336 g/mol. The zero-order chi connectivity index (χ0) is 11.3. The molecule has 0 radical (unpaired) electrons. The van der Waals surface area contributed by atoms with Gasteiger partial charge < -0.3 is 11.1 Å². The molecule has 0 aliphatic rings. The molecule has 1 rings (SSSR count). The molecule has 0 bridgehead atoms. The standard InChI is InChI=1S/C10H12Br2N2O/c11-8-2-1-7(5-9(8)12)6-14-4-3-10(13)15/h1-2,5,14H,3-4,6H2,(H2,13,15). The molecule has 0 aromatic heterocycles. The molecule has 3 nitrogen and oxygen atoms in total. The minimum absolute atomic E-state index is 0.278. The third-order valence-corrected chi connectivity index (χ3v) is 3.74. The van der Waals surface area contributed by atoms with Crippen LogP contribution in [0.25, 0.3) is 0 Å². The Balaban J connectivity index is 2.38. The minimum Gasteiger partial charge on any atom is -0.370 e. The quantitative estimate of drug-likeness (QED) is 0.810. The lowest BCUT2D eigenvalue weighted by Gasteiger charge is -2.05. The number of hydrogen-bond donors (Lipinski definition) is 2. The molecule has 0 heterocycles. The Bertz CT molecular complexity index is 355. The fraction of sp³-hybridized carbons (Fsp3) is 0.300. The number of primary amides is 1. The van der Waals surface area contributed by atoms with E-state index in [0.717, 1.165) is 21.1 Å². The molecule has 5 heteroatoms. The molecule has 1 aromatic carbocycles. The first kappa shape index (κ1) is 12.7. The van der Waals surface area contributed by atoms with Crippen molar-refractivity contribution in [1.29, 1.82) is 0 Å². The van der Waals surface area contributed by atoms with Crippen LogP contribution in [0.5, 0.6) is 0 Å². The Labute approximate surface area is 106 Å². The Hall–Kier alpha value is -0.390. The van der Waals surface area contributed by atoms with Crippen molar-refractivity contribution in [2.24, 2.45) is 5.73 Å². The van der Waals surface area contributed by atoms with Gasteiger partial charge in [-0.15, -0.1) is 0 Å². The van der Waals surface area contributed by atoms with E-state index in [1.165, 1.54) is 0 Å². The molecule has 1 aromatic rings. The summed E-state index contributed by atoms with van der Waals surface area (Å²) in [7, 11) is 0. The lowest BCUT2D eigenvalue weighted by atomic mass is 10.2. The number of amides is 1. The van der Waals surface area contributed by atoms with Gasteiger partial charge in [-0.05, 0) is 49.6 Å². The summed E-state index contributed by atoms with van der Waals surface area (Å²) in [5.41, 5.74) is 6.18. The number of nitrogens with two attached hydrogens (primary N) is 1. The monoisotopic (exact) mass is 334 g/mol. The highest BCUT2D eigenvalue weighted by molar-refractivity contribution is 9.13. The highest BCUT2D eigenvalue weighted by Gasteiger charge is 1.99. The van der Waals surface area contributed by atoms with Gasteiger partial charge in [0.15, 0.2) is 0 Å². The van der Waals surface area contributed by atoms with Crippen molar-refractivity contribution in [3.8, 4) is 0 Å². The number of halogens is 2. The van der Waals surface area contributed by atoms with Crippen LogP contribution in [0, 0.1) is 0 Å². The molecule has 1 amide bonds. The van der Waals surface area contributed by atoms with Crippen molar-refractivity contribution >= 4 is 37.8 Å². The summed E-state index contributed by atoms with van der Waals surface area (Å²) in [4.78, 5) is 10.5. The van der Waals surface area contributed by atoms with Crippen LogP contribution in [0.2, 0.25) is 0 Å². The highest BCUT2D eigenvalue weighted by Crippen LogP contribution is 2.23. The van der Waals surface area contributed by atoms with Gasteiger partial charge in [0, 0.05) is 28.5 Å². The minimum atomic E-state index is -0.278. The van der Waals surface area contributed by atoms with E-state index in [1.807, 2.05) is 18.2 Å². The highest BCUT2D eigenvalue weighted by atomic mass is 79.9. The average Bonchev–Trinajstić information content (AvgIpc) is 2.18. The normalized spacial score (nSPS) is 10.3. The lowest BCUT2D eigenvalue weighted by Crippen LogP contribution is -2.21. The summed E-state index contributed by atoms with van der Waals surface area (Å²) in [5, 5.41) is 3.14. The number of carbonyl (C=O) groups is 1. The molecule has 15 heavy (non-hydrogen) atoms. The first-order valence-corrected chi connectivity index (χ1v) is 6.11. The third-order valence-electron chi connectivity index (χ3n) is 1.86. The summed E-state index contributed by atoms with van der Waals surface area (Å²) in [5.74, 6) is -0.278. The molecule has 0 atom stereocenters. The van der Waals surface area contributed by atoms with Crippen LogP contribution in [-0.4, -0.2) is 12.5 Å². The predicted octanol–water partition coefficient (Wildman–Crippen LogP) is 2.18. The number of nitrogens with one attached hydrogen (secondary N) is 1. The van der Waals surface area contributed by atoms with Gasteiger partial charge in [0.2, 0.25) is 5.91 Å². The van der Waals surface area contributed by atoms with Gasteiger partial charge >= 0.3 is 0 Å². The van der Waals surface area contributed by atoms with E-state index in [4.69, 9.17) is 5.73 Å². The van der Waals surface area contributed by atoms with Crippen LogP contribution < -0.4 is 11.1 Å². The zero-order valence-electron chi connectivity index (χ0n) is 8.09. The molecule has 0 unspecified atom stereocenters. The smallest absolute Gasteiger partial charge is 0.218 e. The van der Waals surface area contributed by atoms with E-state index in [0.29, 0.717) is 13.0 Å². The Morgan fingerprint density at radius 1 is 1.33 bits per heavy atom. The summed E-state index contributed by atoms with van der Waals surface area (Å²) < 4.78 is 2.06. The van der Waals surface area contributed by atoms with Crippen molar-refractivity contribution in [2.45, 2.75) is 13.0 Å². The van der Waals surface area contributed by atoms with Crippen LogP contribution in [-0.2, 0) is 11.3 Å². The van der Waals surface area contributed by atoms with Crippen molar-refractivity contribution < 1.29 is 4.79 Å². The number of benzene rings is 1. The molecular formula is C10H12Br2N2O. The fourth-order valence-electron chi connectivity index (χ4n) is 1.09. The van der Waals surface area contributed by atoms with Gasteiger partial charge in [0.05, 0.1) is 0 Å². The van der Waals surface area contributed by atoms with E-state index in [1.54, 1.807) is 0 Å². The zero-order valence-corrected chi connectivity index (χ0v) is 11.3. The van der Waals surface area contributed by atoms with Gasteiger partial charge in [-0.1, -0.05) is 6.07 Å². The van der Waals surface area contributed by atoms with E-state index in [2.05, 4.69) is 37.2 Å². The van der Waals surface area contributed by atoms with E-state index in [-0.39, 0.29) is 5.91 Å². The molecule has 0 aliphatic heterocycles. The first-order chi connectivity index (χ1) is 7.09. The molecule has 0 spiro atoms. The van der Waals surface area contributed by atoms with Gasteiger partial charge in [0.1, 0.15) is 0 Å². The fourth-order valence-corrected chi connectivity index (χ4v) is 1.77. The van der Waals surface area contributed by atoms with Gasteiger partial charge in [-0.3, -0.25) is 4.79 Å². The van der Waals surface area contributed by atoms with E-state index < -0.39 is 0 Å². The maximum absolute atomic E-state index is 10.5. The number of rotatable bonds is 5. The largest absolute Gasteiger partial charge is 0.370 e. The SMILES string of the molecule is NC(=O)CCNCc1ccc(Br)c(Br)c1. The maximum atomic E-state index is 10.5. The van der Waals surface area contributed by atoms with Crippen LogP contribution in [0.1, 0.15) is 12.0 Å². The van der Waals surface area contributed by atoms with Crippen molar-refractivity contribution in [2.75, 3.05) is 6.54 Å². The molecule has 82 valence electrons. The van der Waals surface area contributed by atoms with Gasteiger partial charge in [0.25, 0.3) is 0 Å². The second kappa shape index (κ2) is 6.25. The van der Waals surface area contributed by atoms with E-state index in [9.17, 15) is 4.79 Å². The lowest BCUT2D eigenvalue weighted by molar-refractivity contribution is -0.117. The van der Waals surface area contributed by atoms with Gasteiger partial charge in [-0.2, -0.15) is 0 Å². The second-order valence-electron chi connectivity index (χ2n) is 3.14. The van der Waals surface area contributed by atoms with Crippen LogP contribution in [0.15, 0.2) is 27.1 Å². The number of carbonyl (C=O) groups excluding carboxylic acids is 1. The number of hydrogen-bond acceptors (Lipinski definition) is 2. The molecular weight excluding hydrogens is 324 g/mol. The molecule has 3 N–H and O–H groups in total. The Morgan fingerprint density at radius 3 is 2.67 bits per heavy atom. The van der Waals surface area contributed by atoms with Crippen LogP contribution in [0.4, 0.5) is 0 Å². The van der Waals surface area contributed by atoms with Crippen molar-refractivity contribution in [3.63, 3.8) is 0 Å². The maximum Gasteiger partial charge on any atom is 0.218 e. The summed E-state index contributed by atoms with van der Waals surface area (Å²) in [6.07, 6.45) is 0.373. The van der Waals surface area contributed by atoms with Crippen molar-refractivity contribution in [1.82, 2.24) is 5.32 Å². The summed E-state index contributed by atoms with van der Waals surface area (Å²) in [6, 6.07) is 6.03. The van der Waals surface area contributed by atoms with Crippen molar-refractivity contribution in [3.05, 3.63) is 32.7 Å². The molecule has 0 saturated heterocycles. The van der Waals surface area contributed by atoms with E-state index >= 15 is 0 Å². The summed E-state index contributed by atoms with van der Waals surface area (Å²) in [6.45, 7) is 1.35. The van der Waals surface area contributed by atoms with Crippen LogP contribution >= 0.6 is 31.9 Å². The molecule has 0 aliphatic carbocycles. The Morgan fingerprint density at radius 2 is 2.07 bits per heavy atom. The molecule has 0 fully saturated rings.